The zero-order chi connectivity index (χ0) is 17.4. The Kier molecular flexibility index (Phi) is 6.88. The summed E-state index contributed by atoms with van der Waals surface area (Å²) in [6, 6.07) is 6.65. The van der Waals surface area contributed by atoms with Crippen LogP contribution in [0, 0.1) is 11.3 Å². The Morgan fingerprint density at radius 2 is 2.21 bits per heavy atom. The van der Waals surface area contributed by atoms with Gasteiger partial charge in [0.25, 0.3) is 5.91 Å². The van der Waals surface area contributed by atoms with E-state index in [-0.39, 0.29) is 5.57 Å². The molecule has 5 N–H and O–H groups in total. The number of carbonyl (C=O) groups is 1. The van der Waals surface area contributed by atoms with Crippen LogP contribution in [0.15, 0.2) is 30.0 Å². The van der Waals surface area contributed by atoms with Gasteiger partial charge < -0.3 is 21.7 Å². The predicted molar refractivity (Wildman–Crippen MR) is 95.5 cm³/mol. The minimum atomic E-state index is -0.515. The molecular weight excluding hydrogens is 328 g/mol. The fourth-order valence-corrected chi connectivity index (χ4v) is 2.54. The number of carbonyl (C=O) groups excluding carboxylic acids is 1. The van der Waals surface area contributed by atoms with Crippen molar-refractivity contribution in [2.75, 3.05) is 50.3 Å². The molecule has 7 nitrogen and oxygen atoms in total. The van der Waals surface area contributed by atoms with Crippen LogP contribution in [0.25, 0.3) is 0 Å². The Balaban J connectivity index is 1.85. The van der Waals surface area contributed by atoms with Gasteiger partial charge in [-0.2, -0.15) is 5.26 Å². The molecule has 0 unspecified atom stereocenters. The van der Waals surface area contributed by atoms with Crippen molar-refractivity contribution in [3.63, 3.8) is 0 Å². The highest BCUT2D eigenvalue weighted by molar-refractivity contribution is 6.34. The molecule has 0 atom stereocenters. The fraction of sp³-hybridized carbons (Fsp3) is 0.375. The number of nitrogen functional groups attached to an aromatic ring is 1. The standard InChI is InChI=1S/C16H21ClN6O/c17-14-9-13(19)1-2-15(14)22-16(24)12(10-18)11-21-5-8-23-6-3-20-4-7-23/h1-2,9,11,20-21H,3-8,19H2,(H,22,24)/b12-11-. The van der Waals surface area contributed by atoms with E-state index in [0.717, 1.165) is 32.7 Å². The number of nitrogens with one attached hydrogen (secondary N) is 3. The van der Waals surface area contributed by atoms with Crippen LogP contribution in [0.5, 0.6) is 0 Å². The van der Waals surface area contributed by atoms with Crippen LogP contribution in [-0.4, -0.2) is 50.1 Å². The molecule has 0 radical (unpaired) electrons. The van der Waals surface area contributed by atoms with Crippen LogP contribution in [0.1, 0.15) is 0 Å². The monoisotopic (exact) mass is 348 g/mol. The molecule has 1 fully saturated rings. The fourth-order valence-electron chi connectivity index (χ4n) is 2.30. The minimum Gasteiger partial charge on any atom is -0.399 e. The lowest BCUT2D eigenvalue weighted by atomic mass is 10.2. The van der Waals surface area contributed by atoms with Gasteiger partial charge in [0.05, 0.1) is 10.7 Å². The molecule has 0 aromatic heterocycles. The topological polar surface area (TPSA) is 106 Å². The lowest BCUT2D eigenvalue weighted by Gasteiger charge is -2.26. The molecule has 1 saturated heterocycles. The van der Waals surface area contributed by atoms with E-state index in [9.17, 15) is 4.79 Å². The third-order valence-corrected chi connectivity index (χ3v) is 3.95. The largest absolute Gasteiger partial charge is 0.399 e. The van der Waals surface area contributed by atoms with Crippen molar-refractivity contribution in [1.82, 2.24) is 15.5 Å². The highest BCUT2D eigenvalue weighted by Gasteiger charge is 2.12. The molecule has 2 rings (SSSR count). The molecule has 1 heterocycles. The SMILES string of the molecule is N#C/C(=C/NCCN1CCNCC1)C(=O)Nc1ccc(N)cc1Cl. The molecule has 0 aliphatic carbocycles. The summed E-state index contributed by atoms with van der Waals surface area (Å²) < 4.78 is 0. The number of hydrogen-bond donors (Lipinski definition) is 4. The van der Waals surface area contributed by atoms with Gasteiger partial charge in [0, 0.05) is 51.2 Å². The molecule has 1 aliphatic heterocycles. The summed E-state index contributed by atoms with van der Waals surface area (Å²) >= 11 is 6.01. The van der Waals surface area contributed by atoms with Crippen molar-refractivity contribution >= 4 is 28.9 Å². The second-order valence-electron chi connectivity index (χ2n) is 5.41. The number of anilines is 2. The van der Waals surface area contributed by atoms with E-state index in [1.807, 2.05) is 6.07 Å². The van der Waals surface area contributed by atoms with Gasteiger partial charge in [-0.25, -0.2) is 0 Å². The van der Waals surface area contributed by atoms with Gasteiger partial charge in [0.15, 0.2) is 0 Å². The maximum absolute atomic E-state index is 12.1. The van der Waals surface area contributed by atoms with E-state index < -0.39 is 5.91 Å². The summed E-state index contributed by atoms with van der Waals surface area (Å²) in [7, 11) is 0. The van der Waals surface area contributed by atoms with Crippen molar-refractivity contribution in [3.8, 4) is 6.07 Å². The van der Waals surface area contributed by atoms with E-state index in [0.29, 0.717) is 22.9 Å². The lowest BCUT2D eigenvalue weighted by molar-refractivity contribution is -0.112. The quantitative estimate of drug-likeness (QED) is 0.262. The Morgan fingerprint density at radius 3 is 2.88 bits per heavy atom. The molecule has 128 valence electrons. The molecule has 1 aliphatic rings. The molecule has 1 amide bonds. The highest BCUT2D eigenvalue weighted by Crippen LogP contribution is 2.24. The van der Waals surface area contributed by atoms with Crippen molar-refractivity contribution in [2.45, 2.75) is 0 Å². The van der Waals surface area contributed by atoms with Gasteiger partial charge in [-0.05, 0) is 18.2 Å². The smallest absolute Gasteiger partial charge is 0.267 e. The molecular formula is C16H21ClN6O. The number of rotatable bonds is 6. The molecule has 1 aromatic rings. The van der Waals surface area contributed by atoms with Gasteiger partial charge in [-0.1, -0.05) is 11.6 Å². The van der Waals surface area contributed by atoms with Crippen LogP contribution in [0.3, 0.4) is 0 Å². The van der Waals surface area contributed by atoms with Crippen LogP contribution >= 0.6 is 11.6 Å². The van der Waals surface area contributed by atoms with Crippen molar-refractivity contribution < 1.29 is 4.79 Å². The average Bonchev–Trinajstić information content (AvgIpc) is 2.58. The van der Waals surface area contributed by atoms with Crippen LogP contribution < -0.4 is 21.7 Å². The Labute approximate surface area is 146 Å². The molecule has 1 aromatic carbocycles. The van der Waals surface area contributed by atoms with Crippen LogP contribution in [0.4, 0.5) is 11.4 Å². The lowest BCUT2D eigenvalue weighted by Crippen LogP contribution is -2.45. The maximum Gasteiger partial charge on any atom is 0.267 e. The van der Waals surface area contributed by atoms with E-state index >= 15 is 0 Å². The van der Waals surface area contributed by atoms with E-state index in [4.69, 9.17) is 22.6 Å². The first-order chi connectivity index (χ1) is 11.6. The van der Waals surface area contributed by atoms with E-state index in [2.05, 4.69) is 20.9 Å². The molecule has 0 bridgehead atoms. The van der Waals surface area contributed by atoms with Crippen molar-refractivity contribution in [1.29, 1.82) is 5.26 Å². The average molecular weight is 349 g/mol. The summed E-state index contributed by atoms with van der Waals surface area (Å²) in [5.74, 6) is -0.515. The normalized spacial score (nSPS) is 15.6. The number of piperazine rings is 1. The summed E-state index contributed by atoms with van der Waals surface area (Å²) in [6.07, 6.45) is 1.43. The van der Waals surface area contributed by atoms with Gasteiger partial charge >= 0.3 is 0 Å². The van der Waals surface area contributed by atoms with Gasteiger partial charge in [0.2, 0.25) is 0 Å². The third kappa shape index (κ3) is 5.42. The predicted octanol–water partition coefficient (Wildman–Crippen LogP) is 0.763. The van der Waals surface area contributed by atoms with Crippen molar-refractivity contribution in [2.24, 2.45) is 0 Å². The minimum absolute atomic E-state index is 0.0109. The van der Waals surface area contributed by atoms with Crippen molar-refractivity contribution in [3.05, 3.63) is 35.0 Å². The van der Waals surface area contributed by atoms with E-state index in [1.165, 1.54) is 6.20 Å². The second-order valence-corrected chi connectivity index (χ2v) is 5.82. The molecule has 24 heavy (non-hydrogen) atoms. The first kappa shape index (κ1) is 18.1. The summed E-state index contributed by atoms with van der Waals surface area (Å²) in [6.45, 7) is 5.52. The number of nitriles is 1. The summed E-state index contributed by atoms with van der Waals surface area (Å²) in [5.41, 5.74) is 6.52. The zero-order valence-corrected chi connectivity index (χ0v) is 14.1. The summed E-state index contributed by atoms with van der Waals surface area (Å²) in [5, 5.41) is 18.4. The zero-order valence-electron chi connectivity index (χ0n) is 13.3. The number of benzene rings is 1. The first-order valence-electron chi connectivity index (χ1n) is 7.73. The number of amides is 1. The number of hydrogen-bond acceptors (Lipinski definition) is 6. The van der Waals surface area contributed by atoms with Crippen LogP contribution in [-0.2, 0) is 4.79 Å². The van der Waals surface area contributed by atoms with Crippen LogP contribution in [0.2, 0.25) is 5.02 Å². The number of nitrogens with zero attached hydrogens (tertiary/aromatic N) is 2. The molecule has 8 heteroatoms. The van der Waals surface area contributed by atoms with Gasteiger partial charge in [-0.3, -0.25) is 9.69 Å². The second kappa shape index (κ2) is 9.13. The number of nitrogens with two attached hydrogens (primary N) is 1. The first-order valence-corrected chi connectivity index (χ1v) is 8.11. The Bertz CT molecular complexity index is 648. The van der Waals surface area contributed by atoms with Gasteiger partial charge in [0.1, 0.15) is 11.6 Å². The highest BCUT2D eigenvalue weighted by atomic mass is 35.5. The van der Waals surface area contributed by atoms with E-state index in [1.54, 1.807) is 18.2 Å². The Hall–Kier alpha value is -2.27. The van der Waals surface area contributed by atoms with Gasteiger partial charge in [-0.15, -0.1) is 0 Å². The Morgan fingerprint density at radius 1 is 1.46 bits per heavy atom. The number of halogens is 1. The maximum atomic E-state index is 12.1. The third-order valence-electron chi connectivity index (χ3n) is 3.63. The molecule has 0 spiro atoms. The summed E-state index contributed by atoms with van der Waals surface area (Å²) in [4.78, 5) is 14.4. The molecule has 0 saturated carbocycles.